The average molecular weight is 535 g/mol. The molecule has 31 heavy (non-hydrogen) atoms. The van der Waals surface area contributed by atoms with Crippen LogP contribution in [0.1, 0.15) is 52.0 Å². The van der Waals surface area contributed by atoms with Gasteiger partial charge in [0.25, 0.3) is 0 Å². The van der Waals surface area contributed by atoms with Crippen molar-refractivity contribution in [2.24, 2.45) is 17.3 Å². The van der Waals surface area contributed by atoms with Crippen LogP contribution in [0.3, 0.4) is 0 Å². The van der Waals surface area contributed by atoms with Crippen LogP contribution in [0.4, 0.5) is 0 Å². The molecule has 2 fully saturated rings. The Bertz CT molecular complexity index is 938. The summed E-state index contributed by atoms with van der Waals surface area (Å²) in [4.78, 5) is 13.9. The van der Waals surface area contributed by atoms with Crippen LogP contribution in [-0.4, -0.2) is 37.2 Å². The van der Waals surface area contributed by atoms with Crippen molar-refractivity contribution >= 4 is 39.3 Å². The standard InChI is InChI=1S/C26H34INO3/c1-26(2,3)20-7-9-21(10-8-20)31-23-12-6-18-13-17(5-11-22(18)24(23)27)14-28-15-19(16-28)25(29)30-4/h5-6,11-13,19-21H,7-10,14-16H2,1-4H3. The van der Waals surface area contributed by atoms with Crippen LogP contribution in [0.25, 0.3) is 10.8 Å². The molecule has 1 aliphatic heterocycles. The second-order valence-electron chi connectivity index (χ2n) is 10.3. The number of likely N-dealkylation sites (tertiary alicyclic amines) is 1. The molecular weight excluding hydrogens is 501 g/mol. The van der Waals surface area contributed by atoms with Crippen LogP contribution in [0.5, 0.6) is 5.75 Å². The molecule has 2 aromatic rings. The van der Waals surface area contributed by atoms with Gasteiger partial charge in [0.1, 0.15) is 5.75 Å². The quantitative estimate of drug-likeness (QED) is 0.346. The number of carbonyl (C=O) groups is 1. The van der Waals surface area contributed by atoms with Crippen molar-refractivity contribution in [2.45, 2.75) is 59.1 Å². The SMILES string of the molecule is COC(=O)C1CN(Cc2ccc3c(I)c(OC4CCC(C(C)(C)C)CC4)ccc3c2)C1. The maximum absolute atomic E-state index is 11.6. The van der Waals surface area contributed by atoms with Crippen LogP contribution in [0.15, 0.2) is 30.3 Å². The number of hydrogen-bond donors (Lipinski definition) is 0. The number of fused-ring (bicyclic) bond motifs is 1. The van der Waals surface area contributed by atoms with E-state index < -0.39 is 0 Å². The van der Waals surface area contributed by atoms with Gasteiger partial charge < -0.3 is 9.47 Å². The Morgan fingerprint density at radius 3 is 2.45 bits per heavy atom. The van der Waals surface area contributed by atoms with E-state index in [9.17, 15) is 4.79 Å². The van der Waals surface area contributed by atoms with Crippen molar-refractivity contribution in [1.29, 1.82) is 0 Å². The van der Waals surface area contributed by atoms with Crippen molar-refractivity contribution < 1.29 is 14.3 Å². The Kier molecular flexibility index (Phi) is 6.82. The number of carbonyl (C=O) groups excluding carboxylic acids is 1. The smallest absolute Gasteiger partial charge is 0.311 e. The Labute approximate surface area is 199 Å². The summed E-state index contributed by atoms with van der Waals surface area (Å²) in [5, 5.41) is 2.50. The summed E-state index contributed by atoms with van der Waals surface area (Å²) in [7, 11) is 1.46. The lowest BCUT2D eigenvalue weighted by Gasteiger charge is -2.37. The molecule has 0 unspecified atom stereocenters. The molecule has 1 saturated heterocycles. The van der Waals surface area contributed by atoms with E-state index in [0.717, 1.165) is 44.1 Å². The highest BCUT2D eigenvalue weighted by molar-refractivity contribution is 14.1. The van der Waals surface area contributed by atoms with Gasteiger partial charge >= 0.3 is 5.97 Å². The van der Waals surface area contributed by atoms with Crippen molar-refractivity contribution in [1.82, 2.24) is 4.90 Å². The number of rotatable bonds is 5. The first kappa shape index (κ1) is 22.8. The first-order valence-corrected chi connectivity index (χ1v) is 12.5. The van der Waals surface area contributed by atoms with Crippen molar-refractivity contribution in [2.75, 3.05) is 20.2 Å². The van der Waals surface area contributed by atoms with Gasteiger partial charge in [-0.25, -0.2) is 0 Å². The van der Waals surface area contributed by atoms with E-state index in [1.807, 2.05) is 0 Å². The zero-order valence-corrected chi connectivity index (χ0v) is 21.3. The molecule has 1 heterocycles. The molecule has 0 atom stereocenters. The molecule has 4 rings (SSSR count). The molecule has 0 spiro atoms. The zero-order valence-electron chi connectivity index (χ0n) is 19.1. The molecule has 0 aromatic heterocycles. The van der Waals surface area contributed by atoms with Gasteiger partial charge in [-0.3, -0.25) is 9.69 Å². The van der Waals surface area contributed by atoms with Crippen LogP contribution < -0.4 is 4.74 Å². The fraction of sp³-hybridized carbons (Fsp3) is 0.577. The third-order valence-corrected chi connectivity index (χ3v) is 8.19. The summed E-state index contributed by atoms with van der Waals surface area (Å²) in [6.45, 7) is 9.52. The van der Waals surface area contributed by atoms with Gasteiger partial charge in [0.05, 0.1) is 22.7 Å². The highest BCUT2D eigenvalue weighted by Crippen LogP contribution is 2.40. The van der Waals surface area contributed by atoms with Gasteiger partial charge in [-0.15, -0.1) is 0 Å². The van der Waals surface area contributed by atoms with E-state index in [2.05, 4.69) is 78.6 Å². The molecule has 2 aromatic carbocycles. The van der Waals surface area contributed by atoms with Gasteiger partial charge in [0, 0.05) is 19.6 Å². The minimum atomic E-state index is -0.0938. The van der Waals surface area contributed by atoms with Gasteiger partial charge in [0.15, 0.2) is 0 Å². The third kappa shape index (κ3) is 5.19. The summed E-state index contributed by atoms with van der Waals surface area (Å²) in [5.74, 6) is 1.76. The molecular formula is C26H34INO3. The first-order chi connectivity index (χ1) is 14.7. The molecule has 0 N–H and O–H groups in total. The normalized spacial score (nSPS) is 22.9. The minimum Gasteiger partial charge on any atom is -0.489 e. The maximum Gasteiger partial charge on any atom is 0.311 e. The fourth-order valence-corrected chi connectivity index (χ4v) is 5.81. The molecule has 0 bridgehead atoms. The molecule has 2 aliphatic rings. The van der Waals surface area contributed by atoms with Gasteiger partial charge in [-0.2, -0.15) is 0 Å². The highest BCUT2D eigenvalue weighted by atomic mass is 127. The number of ether oxygens (including phenoxy) is 2. The Balaban J connectivity index is 1.38. The number of methoxy groups -OCH3 is 1. The topological polar surface area (TPSA) is 38.8 Å². The van der Waals surface area contributed by atoms with Gasteiger partial charge in [0.2, 0.25) is 0 Å². The fourth-order valence-electron chi connectivity index (χ4n) is 5.01. The van der Waals surface area contributed by atoms with Crippen molar-refractivity contribution in [3.63, 3.8) is 0 Å². The molecule has 168 valence electrons. The number of benzene rings is 2. The van der Waals surface area contributed by atoms with E-state index >= 15 is 0 Å². The lowest BCUT2D eigenvalue weighted by Crippen LogP contribution is -2.49. The minimum absolute atomic E-state index is 0.0320. The van der Waals surface area contributed by atoms with E-state index in [4.69, 9.17) is 9.47 Å². The lowest BCUT2D eigenvalue weighted by atomic mass is 9.72. The highest BCUT2D eigenvalue weighted by Gasteiger charge is 2.33. The first-order valence-electron chi connectivity index (χ1n) is 11.4. The predicted octanol–water partition coefficient (Wildman–Crippen LogP) is 6.03. The lowest BCUT2D eigenvalue weighted by molar-refractivity contribution is -0.151. The largest absolute Gasteiger partial charge is 0.489 e. The zero-order chi connectivity index (χ0) is 22.2. The summed E-state index contributed by atoms with van der Waals surface area (Å²) in [6, 6.07) is 11.0. The third-order valence-electron chi connectivity index (χ3n) is 7.07. The van der Waals surface area contributed by atoms with Crippen molar-refractivity contribution in [3.05, 3.63) is 39.5 Å². The summed E-state index contributed by atoms with van der Waals surface area (Å²) in [5.41, 5.74) is 1.68. The Hall–Kier alpha value is -1.34. The Morgan fingerprint density at radius 2 is 1.81 bits per heavy atom. The van der Waals surface area contributed by atoms with Gasteiger partial charge in [-0.1, -0.05) is 39.0 Å². The van der Waals surface area contributed by atoms with Gasteiger partial charge in [-0.05, 0) is 88.1 Å². The van der Waals surface area contributed by atoms with E-state index in [1.54, 1.807) is 0 Å². The monoisotopic (exact) mass is 535 g/mol. The molecule has 0 radical (unpaired) electrons. The van der Waals surface area contributed by atoms with Crippen LogP contribution in [-0.2, 0) is 16.1 Å². The second kappa shape index (κ2) is 9.26. The summed E-state index contributed by atoms with van der Waals surface area (Å²) >= 11 is 2.43. The second-order valence-corrected chi connectivity index (χ2v) is 11.4. The van der Waals surface area contributed by atoms with E-state index in [0.29, 0.717) is 11.5 Å². The maximum atomic E-state index is 11.6. The van der Waals surface area contributed by atoms with Crippen molar-refractivity contribution in [3.8, 4) is 5.75 Å². The molecule has 1 saturated carbocycles. The Morgan fingerprint density at radius 1 is 1.10 bits per heavy atom. The van der Waals surface area contributed by atoms with E-state index in [1.165, 1.54) is 39.9 Å². The average Bonchev–Trinajstić information content (AvgIpc) is 2.71. The summed E-state index contributed by atoms with van der Waals surface area (Å²) < 4.78 is 12.5. The van der Waals surface area contributed by atoms with Crippen LogP contribution >= 0.6 is 22.6 Å². The summed E-state index contributed by atoms with van der Waals surface area (Å²) in [6.07, 6.45) is 5.15. The number of nitrogens with zero attached hydrogens (tertiary/aromatic N) is 1. The van der Waals surface area contributed by atoms with E-state index in [-0.39, 0.29) is 11.9 Å². The number of halogens is 1. The molecule has 0 amide bonds. The molecule has 4 nitrogen and oxygen atoms in total. The number of esters is 1. The number of hydrogen-bond acceptors (Lipinski definition) is 4. The molecule has 1 aliphatic carbocycles. The predicted molar refractivity (Wildman–Crippen MR) is 133 cm³/mol. The molecule has 5 heteroatoms. The van der Waals surface area contributed by atoms with Crippen LogP contribution in [0, 0.1) is 20.8 Å². The van der Waals surface area contributed by atoms with Crippen LogP contribution in [0.2, 0.25) is 0 Å².